The zero-order valence-electron chi connectivity index (χ0n) is 8.71. The molecule has 1 aromatic carbocycles. The van der Waals surface area contributed by atoms with Gasteiger partial charge in [0.2, 0.25) is 12.2 Å². The normalized spacial score (nSPS) is 11.4. The van der Waals surface area contributed by atoms with Crippen LogP contribution in [0.3, 0.4) is 0 Å². The van der Waals surface area contributed by atoms with Gasteiger partial charge in [-0.2, -0.15) is 4.98 Å². The number of hydrogen-bond acceptors (Lipinski definition) is 6. The second-order valence-electron chi connectivity index (χ2n) is 3.17. The Labute approximate surface area is 106 Å². The van der Waals surface area contributed by atoms with Crippen LogP contribution in [0.4, 0.5) is 4.39 Å². The van der Waals surface area contributed by atoms with Crippen LogP contribution in [-0.4, -0.2) is 18.6 Å². The highest BCUT2D eigenvalue weighted by atomic mass is 35.7. The molecular formula is C9H6ClFN2O4S. The van der Waals surface area contributed by atoms with Crippen molar-refractivity contribution in [2.24, 2.45) is 0 Å². The van der Waals surface area contributed by atoms with Crippen LogP contribution in [0.2, 0.25) is 0 Å². The van der Waals surface area contributed by atoms with E-state index in [4.69, 9.17) is 15.4 Å². The maximum absolute atomic E-state index is 13.0. The Kier molecular flexibility index (Phi) is 3.48. The maximum Gasteiger partial charge on any atom is 0.265 e. The summed E-state index contributed by atoms with van der Waals surface area (Å²) in [7, 11) is 1.07. The minimum absolute atomic E-state index is 0.0869. The number of hydrogen-bond donors (Lipinski definition) is 0. The van der Waals surface area contributed by atoms with E-state index in [-0.39, 0.29) is 18.2 Å². The molecule has 0 bridgehead atoms. The summed E-state index contributed by atoms with van der Waals surface area (Å²) in [6.07, 6.45) is 1.10. The van der Waals surface area contributed by atoms with Gasteiger partial charge in [-0.3, -0.25) is 0 Å². The van der Waals surface area contributed by atoms with Gasteiger partial charge < -0.3 is 9.26 Å². The Bertz CT molecular complexity index is 645. The quantitative estimate of drug-likeness (QED) is 0.798. The number of halogens is 2. The fourth-order valence-electron chi connectivity index (χ4n) is 1.19. The first-order valence-corrected chi connectivity index (χ1v) is 6.90. The van der Waals surface area contributed by atoms with E-state index >= 15 is 0 Å². The summed E-state index contributed by atoms with van der Waals surface area (Å²) in [4.78, 5) is 3.23. The average molecular weight is 293 g/mol. The molecule has 0 aliphatic rings. The zero-order chi connectivity index (χ0) is 13.2. The highest BCUT2D eigenvalue weighted by Gasteiger charge is 2.18. The Hall–Kier alpha value is -1.67. The Balaban J connectivity index is 2.27. The van der Waals surface area contributed by atoms with Crippen molar-refractivity contribution in [3.8, 4) is 5.75 Å². The van der Waals surface area contributed by atoms with Gasteiger partial charge in [-0.25, -0.2) is 12.8 Å². The molecule has 0 aliphatic carbocycles. The van der Waals surface area contributed by atoms with Gasteiger partial charge in [-0.05, 0) is 18.2 Å². The first-order chi connectivity index (χ1) is 8.47. The molecule has 0 N–H and O–H groups in total. The monoisotopic (exact) mass is 292 g/mol. The molecule has 0 aliphatic heterocycles. The molecule has 18 heavy (non-hydrogen) atoms. The van der Waals surface area contributed by atoms with E-state index < -0.39 is 19.8 Å². The minimum atomic E-state index is -4.10. The molecule has 0 radical (unpaired) electrons. The lowest BCUT2D eigenvalue weighted by atomic mass is 10.3. The van der Waals surface area contributed by atoms with Crippen molar-refractivity contribution >= 4 is 19.7 Å². The minimum Gasteiger partial charge on any atom is -0.484 e. The molecule has 6 nitrogen and oxygen atoms in total. The number of rotatable bonds is 4. The van der Waals surface area contributed by atoms with Crippen molar-refractivity contribution in [2.75, 3.05) is 0 Å². The molecule has 2 aromatic rings. The van der Waals surface area contributed by atoms with Gasteiger partial charge in [-0.15, -0.1) is 0 Å². The van der Waals surface area contributed by atoms with Gasteiger partial charge in [0.15, 0.2) is 6.61 Å². The summed E-state index contributed by atoms with van der Waals surface area (Å²) in [5.74, 6) is -0.602. The van der Waals surface area contributed by atoms with Gasteiger partial charge >= 0.3 is 0 Å². The fourth-order valence-corrected chi connectivity index (χ4v) is 2.17. The lowest BCUT2D eigenvalue weighted by Crippen LogP contribution is -2.02. The molecule has 0 amide bonds. The first kappa shape index (κ1) is 12.8. The summed E-state index contributed by atoms with van der Waals surface area (Å²) in [6, 6.07) is 2.98. The van der Waals surface area contributed by atoms with E-state index in [1.165, 1.54) is 0 Å². The molecular weight excluding hydrogens is 287 g/mol. The van der Waals surface area contributed by atoms with Crippen LogP contribution in [0.15, 0.2) is 34.0 Å². The van der Waals surface area contributed by atoms with Gasteiger partial charge in [0, 0.05) is 10.7 Å². The SMILES string of the molecule is O=S(=O)(Cl)c1cc(F)ccc1OCc1ncon1. The van der Waals surface area contributed by atoms with E-state index in [0.717, 1.165) is 24.6 Å². The standard InChI is InChI=1S/C9H6ClFN2O4S/c10-18(14,15)8-3-6(11)1-2-7(8)16-4-9-12-5-17-13-9/h1-3,5H,4H2. The van der Waals surface area contributed by atoms with E-state index in [1.54, 1.807) is 0 Å². The second-order valence-corrected chi connectivity index (χ2v) is 5.70. The number of aromatic nitrogens is 2. The summed E-state index contributed by atoms with van der Waals surface area (Å²) >= 11 is 0. The van der Waals surface area contributed by atoms with E-state index in [1.807, 2.05) is 0 Å². The molecule has 96 valence electrons. The molecule has 0 saturated heterocycles. The summed E-state index contributed by atoms with van der Waals surface area (Å²) in [5, 5.41) is 3.47. The number of benzene rings is 1. The van der Waals surface area contributed by atoms with E-state index in [2.05, 4.69) is 14.7 Å². The molecule has 0 unspecified atom stereocenters. The third-order valence-electron chi connectivity index (χ3n) is 1.93. The van der Waals surface area contributed by atoms with Gasteiger partial charge in [0.25, 0.3) is 9.05 Å². The maximum atomic E-state index is 13.0. The van der Waals surface area contributed by atoms with Crippen LogP contribution in [-0.2, 0) is 15.7 Å². The number of nitrogens with zero attached hydrogens (tertiary/aromatic N) is 2. The Morgan fingerprint density at radius 1 is 1.44 bits per heavy atom. The number of ether oxygens (including phenoxy) is 1. The second kappa shape index (κ2) is 4.91. The van der Waals surface area contributed by atoms with E-state index in [9.17, 15) is 12.8 Å². The third-order valence-corrected chi connectivity index (χ3v) is 3.28. The van der Waals surface area contributed by atoms with Crippen LogP contribution in [0.1, 0.15) is 5.82 Å². The first-order valence-electron chi connectivity index (χ1n) is 4.59. The molecule has 0 spiro atoms. The molecule has 9 heteroatoms. The van der Waals surface area contributed by atoms with Crippen LogP contribution in [0, 0.1) is 5.82 Å². The summed E-state index contributed by atoms with van der Waals surface area (Å²) < 4.78 is 45.1. The highest BCUT2D eigenvalue weighted by molar-refractivity contribution is 8.13. The van der Waals surface area contributed by atoms with Crippen molar-refractivity contribution in [3.05, 3.63) is 36.2 Å². The van der Waals surface area contributed by atoms with Gasteiger partial charge in [-0.1, -0.05) is 5.16 Å². The zero-order valence-corrected chi connectivity index (χ0v) is 10.3. The van der Waals surface area contributed by atoms with E-state index in [0.29, 0.717) is 0 Å². The average Bonchev–Trinajstić information content (AvgIpc) is 2.79. The molecule has 1 aromatic heterocycles. The van der Waals surface area contributed by atoms with Gasteiger partial charge in [0.1, 0.15) is 16.5 Å². The van der Waals surface area contributed by atoms with Crippen LogP contribution in [0.25, 0.3) is 0 Å². The molecule has 0 saturated carbocycles. The predicted octanol–water partition coefficient (Wildman–Crippen LogP) is 1.72. The molecule has 1 heterocycles. The van der Waals surface area contributed by atoms with Crippen molar-refractivity contribution in [2.45, 2.75) is 11.5 Å². The Morgan fingerprint density at radius 3 is 2.83 bits per heavy atom. The molecule has 0 fully saturated rings. The van der Waals surface area contributed by atoms with Crippen molar-refractivity contribution < 1.29 is 22.1 Å². The van der Waals surface area contributed by atoms with Crippen LogP contribution in [0.5, 0.6) is 5.75 Å². The topological polar surface area (TPSA) is 82.3 Å². The lowest BCUT2D eigenvalue weighted by molar-refractivity contribution is 0.279. The van der Waals surface area contributed by atoms with Crippen molar-refractivity contribution in [1.82, 2.24) is 10.1 Å². The summed E-state index contributed by atoms with van der Waals surface area (Å²) in [5.41, 5.74) is 0. The lowest BCUT2D eigenvalue weighted by Gasteiger charge is -2.07. The van der Waals surface area contributed by atoms with Crippen LogP contribution >= 0.6 is 10.7 Å². The van der Waals surface area contributed by atoms with Crippen LogP contribution < -0.4 is 4.74 Å². The Morgan fingerprint density at radius 2 is 2.22 bits per heavy atom. The van der Waals surface area contributed by atoms with Crippen molar-refractivity contribution in [3.63, 3.8) is 0 Å². The third kappa shape index (κ3) is 2.96. The predicted molar refractivity (Wildman–Crippen MR) is 58.1 cm³/mol. The molecule has 2 rings (SSSR count). The fraction of sp³-hybridized carbons (Fsp3) is 0.111. The van der Waals surface area contributed by atoms with Gasteiger partial charge in [0.05, 0.1) is 0 Å². The highest BCUT2D eigenvalue weighted by Crippen LogP contribution is 2.28. The van der Waals surface area contributed by atoms with Crippen molar-refractivity contribution in [1.29, 1.82) is 0 Å². The summed E-state index contributed by atoms with van der Waals surface area (Å²) in [6.45, 7) is -0.123. The smallest absolute Gasteiger partial charge is 0.265 e. The largest absolute Gasteiger partial charge is 0.484 e. The molecule has 0 atom stereocenters.